The summed E-state index contributed by atoms with van der Waals surface area (Å²) < 4.78 is 1.45. The van der Waals surface area contributed by atoms with Gasteiger partial charge in [0.15, 0.2) is 0 Å². The van der Waals surface area contributed by atoms with Gasteiger partial charge in [0.1, 0.15) is 5.69 Å². The van der Waals surface area contributed by atoms with E-state index in [0.717, 1.165) is 12.3 Å². The van der Waals surface area contributed by atoms with E-state index in [1.54, 1.807) is 13.1 Å². The van der Waals surface area contributed by atoms with Gasteiger partial charge in [-0.2, -0.15) is 5.10 Å². The van der Waals surface area contributed by atoms with Crippen LogP contribution in [0.1, 0.15) is 10.5 Å². The normalized spacial score (nSPS) is 10.6. The highest BCUT2D eigenvalue weighted by atomic mass is 16.2. The Hall–Kier alpha value is -1.58. The van der Waals surface area contributed by atoms with Gasteiger partial charge in [0.2, 0.25) is 5.78 Å². The summed E-state index contributed by atoms with van der Waals surface area (Å²) in [5.74, 6) is -0.257. The maximum absolute atomic E-state index is 11.0. The molecule has 0 unspecified atom stereocenters. The first kappa shape index (κ1) is 7.53. The van der Waals surface area contributed by atoms with Crippen LogP contribution in [-0.2, 0) is 7.05 Å². The minimum Gasteiger partial charge on any atom is -0.515 e. The predicted molar refractivity (Wildman–Crippen MR) is 39.3 cm³/mol. The number of nitrogens with zero attached hydrogens (tertiary/aromatic N) is 2. The molecule has 0 spiro atoms. The van der Waals surface area contributed by atoms with Gasteiger partial charge in [0.25, 0.3) is 0 Å². The van der Waals surface area contributed by atoms with Crippen molar-refractivity contribution in [1.82, 2.24) is 9.78 Å². The Labute approximate surface area is 63.8 Å². The van der Waals surface area contributed by atoms with Gasteiger partial charge in [-0.1, -0.05) is 0 Å². The Morgan fingerprint density at radius 1 is 1.82 bits per heavy atom. The maximum Gasteiger partial charge on any atom is 0.206 e. The Balaban J connectivity index is 2.93. The number of aliphatic hydroxyl groups excluding tert-OH is 1. The molecule has 1 aromatic heterocycles. The van der Waals surface area contributed by atoms with Gasteiger partial charge in [-0.05, 0) is 6.07 Å². The van der Waals surface area contributed by atoms with Crippen LogP contribution < -0.4 is 0 Å². The van der Waals surface area contributed by atoms with Crippen LogP contribution in [0.5, 0.6) is 0 Å². The minimum absolute atomic E-state index is 0.257. The molecule has 0 aliphatic heterocycles. The Morgan fingerprint density at radius 3 is 3.00 bits per heavy atom. The monoisotopic (exact) mass is 152 g/mol. The fraction of sp³-hybridized carbons (Fsp3) is 0.143. The first-order valence-electron chi connectivity index (χ1n) is 3.09. The van der Waals surface area contributed by atoms with Crippen LogP contribution in [0.3, 0.4) is 0 Å². The minimum atomic E-state index is -0.257. The number of allylic oxidation sites excluding steroid dienone is 1. The zero-order chi connectivity index (χ0) is 8.27. The molecule has 0 bridgehead atoms. The molecule has 0 aromatic carbocycles. The van der Waals surface area contributed by atoms with Gasteiger partial charge in [-0.25, -0.2) is 0 Å². The Bertz CT molecular complexity index is 288. The largest absolute Gasteiger partial charge is 0.515 e. The highest BCUT2D eigenvalue weighted by Gasteiger charge is 2.04. The summed E-state index contributed by atoms with van der Waals surface area (Å²) in [5.41, 5.74) is 0.454. The van der Waals surface area contributed by atoms with E-state index in [0.29, 0.717) is 5.69 Å². The summed E-state index contributed by atoms with van der Waals surface area (Å²) in [4.78, 5) is 11.0. The van der Waals surface area contributed by atoms with Crippen molar-refractivity contribution >= 4 is 5.78 Å². The number of aromatic nitrogens is 2. The molecular formula is C7H8N2O2. The van der Waals surface area contributed by atoms with Crippen LogP contribution in [0, 0.1) is 0 Å². The molecule has 1 heterocycles. The quantitative estimate of drug-likeness (QED) is 0.385. The molecule has 58 valence electrons. The molecule has 0 saturated carbocycles. The van der Waals surface area contributed by atoms with Crippen molar-refractivity contribution in [3.63, 3.8) is 0 Å². The molecule has 0 saturated heterocycles. The fourth-order valence-electron chi connectivity index (χ4n) is 0.769. The van der Waals surface area contributed by atoms with E-state index in [2.05, 4.69) is 5.10 Å². The van der Waals surface area contributed by atoms with Crippen molar-refractivity contribution in [2.24, 2.45) is 7.05 Å². The first-order valence-corrected chi connectivity index (χ1v) is 3.09. The number of hydrogen-bond acceptors (Lipinski definition) is 3. The van der Waals surface area contributed by atoms with Crippen molar-refractivity contribution in [1.29, 1.82) is 0 Å². The summed E-state index contributed by atoms with van der Waals surface area (Å²) in [6, 6.07) is 1.59. The number of aryl methyl sites for hydroxylation is 1. The topological polar surface area (TPSA) is 55.1 Å². The SMILES string of the molecule is Cn1nccc1C(=O)/C=C/O. The zero-order valence-electron chi connectivity index (χ0n) is 6.06. The third-order valence-electron chi connectivity index (χ3n) is 1.30. The average Bonchev–Trinajstić information content (AvgIpc) is 2.36. The average molecular weight is 152 g/mol. The predicted octanol–water partition coefficient (Wildman–Crippen LogP) is 0.675. The number of rotatable bonds is 2. The first-order chi connectivity index (χ1) is 5.25. The van der Waals surface area contributed by atoms with Gasteiger partial charge < -0.3 is 5.11 Å². The molecule has 11 heavy (non-hydrogen) atoms. The van der Waals surface area contributed by atoms with E-state index in [1.165, 1.54) is 10.9 Å². The van der Waals surface area contributed by atoms with Gasteiger partial charge >= 0.3 is 0 Å². The third kappa shape index (κ3) is 1.46. The summed E-state index contributed by atoms with van der Waals surface area (Å²) in [6.07, 6.45) is 3.32. The van der Waals surface area contributed by atoms with Crippen LogP contribution in [0.4, 0.5) is 0 Å². The van der Waals surface area contributed by atoms with Crippen LogP contribution in [0.15, 0.2) is 24.6 Å². The van der Waals surface area contributed by atoms with Crippen molar-refractivity contribution < 1.29 is 9.90 Å². The van der Waals surface area contributed by atoms with Crippen LogP contribution in [0.2, 0.25) is 0 Å². The highest BCUT2D eigenvalue weighted by molar-refractivity contribution is 6.02. The lowest BCUT2D eigenvalue weighted by molar-refractivity contribution is 0.103. The Morgan fingerprint density at radius 2 is 2.55 bits per heavy atom. The molecule has 0 atom stereocenters. The van der Waals surface area contributed by atoms with Crippen LogP contribution in [0.25, 0.3) is 0 Å². The molecule has 0 amide bonds. The lowest BCUT2D eigenvalue weighted by Gasteiger charge is -1.93. The molecule has 4 nitrogen and oxygen atoms in total. The van der Waals surface area contributed by atoms with Gasteiger partial charge in [0, 0.05) is 19.3 Å². The number of aliphatic hydroxyl groups is 1. The van der Waals surface area contributed by atoms with Crippen molar-refractivity contribution in [2.75, 3.05) is 0 Å². The lowest BCUT2D eigenvalue weighted by atomic mass is 10.3. The summed E-state index contributed by atoms with van der Waals surface area (Å²) >= 11 is 0. The van der Waals surface area contributed by atoms with E-state index in [-0.39, 0.29) is 5.78 Å². The standard InChI is InChI=1S/C7H8N2O2/c1-9-6(2-4-8-9)7(11)3-5-10/h2-5,10H,1H3/b5-3+. The van der Waals surface area contributed by atoms with Crippen molar-refractivity contribution in [3.05, 3.63) is 30.3 Å². The van der Waals surface area contributed by atoms with Crippen molar-refractivity contribution in [3.8, 4) is 0 Å². The fourth-order valence-corrected chi connectivity index (χ4v) is 0.769. The second-order valence-electron chi connectivity index (χ2n) is 2.02. The third-order valence-corrected chi connectivity index (χ3v) is 1.30. The van der Waals surface area contributed by atoms with Crippen molar-refractivity contribution in [2.45, 2.75) is 0 Å². The molecule has 1 rings (SSSR count). The summed E-state index contributed by atoms with van der Waals surface area (Å²) in [7, 11) is 1.67. The van der Waals surface area contributed by atoms with Gasteiger partial charge in [-0.15, -0.1) is 0 Å². The smallest absolute Gasteiger partial charge is 0.206 e. The molecule has 0 aliphatic rings. The number of hydrogen-bond donors (Lipinski definition) is 1. The highest BCUT2D eigenvalue weighted by Crippen LogP contribution is 1.97. The molecule has 0 aliphatic carbocycles. The molecular weight excluding hydrogens is 144 g/mol. The second-order valence-corrected chi connectivity index (χ2v) is 2.02. The van der Waals surface area contributed by atoms with E-state index >= 15 is 0 Å². The van der Waals surface area contributed by atoms with E-state index in [4.69, 9.17) is 5.11 Å². The van der Waals surface area contributed by atoms with Gasteiger partial charge in [0.05, 0.1) is 6.26 Å². The second kappa shape index (κ2) is 3.01. The Kier molecular flexibility index (Phi) is 2.06. The maximum atomic E-state index is 11.0. The number of carbonyl (C=O) groups is 1. The van der Waals surface area contributed by atoms with Crippen LogP contribution in [-0.4, -0.2) is 20.7 Å². The van der Waals surface area contributed by atoms with Gasteiger partial charge in [-0.3, -0.25) is 9.48 Å². The summed E-state index contributed by atoms with van der Waals surface area (Å²) in [6.45, 7) is 0. The molecule has 0 fully saturated rings. The summed E-state index contributed by atoms with van der Waals surface area (Å²) in [5, 5.41) is 12.1. The molecule has 1 aromatic rings. The van der Waals surface area contributed by atoms with E-state index in [1.807, 2.05) is 0 Å². The lowest BCUT2D eigenvalue weighted by Crippen LogP contribution is -2.03. The molecule has 4 heteroatoms. The van der Waals surface area contributed by atoms with Crippen LogP contribution >= 0.6 is 0 Å². The molecule has 1 N–H and O–H groups in total. The number of carbonyl (C=O) groups excluding carboxylic acids is 1. The number of ketones is 1. The zero-order valence-corrected chi connectivity index (χ0v) is 6.06. The van der Waals surface area contributed by atoms with E-state index in [9.17, 15) is 4.79 Å². The van der Waals surface area contributed by atoms with E-state index < -0.39 is 0 Å². The molecule has 0 radical (unpaired) electrons.